The summed E-state index contributed by atoms with van der Waals surface area (Å²) in [6, 6.07) is 0.271. The molecule has 1 saturated carbocycles. The molecule has 0 aromatic rings. The van der Waals surface area contributed by atoms with Gasteiger partial charge in [-0.25, -0.2) is 13.1 Å². The Morgan fingerprint density at radius 2 is 2.13 bits per heavy atom. The SMILES string of the molecule is COCCCS(=O)(=O)NCC1CC(N)C1. The summed E-state index contributed by atoms with van der Waals surface area (Å²) in [5, 5.41) is 0. The van der Waals surface area contributed by atoms with E-state index >= 15 is 0 Å². The van der Waals surface area contributed by atoms with Gasteiger partial charge in [-0.2, -0.15) is 0 Å². The minimum atomic E-state index is -3.11. The molecule has 0 unspecified atom stereocenters. The van der Waals surface area contributed by atoms with Crippen LogP contribution in [-0.2, 0) is 14.8 Å². The van der Waals surface area contributed by atoms with Crippen LogP contribution in [0.2, 0.25) is 0 Å². The molecule has 0 aromatic carbocycles. The van der Waals surface area contributed by atoms with Gasteiger partial charge in [0, 0.05) is 26.3 Å². The fourth-order valence-corrected chi connectivity index (χ4v) is 2.80. The number of hydrogen-bond acceptors (Lipinski definition) is 4. The molecule has 90 valence electrons. The van der Waals surface area contributed by atoms with Crippen molar-refractivity contribution in [2.24, 2.45) is 11.7 Å². The normalized spacial score (nSPS) is 26.3. The van der Waals surface area contributed by atoms with Gasteiger partial charge in [0.1, 0.15) is 0 Å². The first kappa shape index (κ1) is 12.9. The molecule has 0 radical (unpaired) electrons. The van der Waals surface area contributed by atoms with Crippen molar-refractivity contribution in [2.75, 3.05) is 26.0 Å². The molecule has 0 amide bonds. The van der Waals surface area contributed by atoms with Crippen molar-refractivity contribution in [3.8, 4) is 0 Å². The Balaban J connectivity index is 2.13. The lowest BCUT2D eigenvalue weighted by atomic mass is 9.81. The first-order chi connectivity index (χ1) is 7.03. The molecular formula is C9H20N2O3S. The maximum atomic E-state index is 11.4. The lowest BCUT2D eigenvalue weighted by molar-refractivity contribution is 0.199. The first-order valence-electron chi connectivity index (χ1n) is 5.25. The highest BCUT2D eigenvalue weighted by Gasteiger charge is 2.26. The van der Waals surface area contributed by atoms with E-state index in [1.807, 2.05) is 0 Å². The Kier molecular flexibility index (Phi) is 4.98. The predicted octanol–water partition coefficient (Wildman–Crippen LogP) is -0.320. The molecule has 1 fully saturated rings. The molecule has 0 atom stereocenters. The minimum absolute atomic E-state index is 0.139. The fraction of sp³-hybridized carbons (Fsp3) is 1.00. The summed E-state index contributed by atoms with van der Waals surface area (Å²) in [5.74, 6) is 0.566. The molecule has 0 saturated heterocycles. The summed E-state index contributed by atoms with van der Waals surface area (Å²) in [6.45, 7) is 1.01. The molecule has 0 bridgehead atoms. The third-order valence-corrected chi connectivity index (χ3v) is 4.06. The van der Waals surface area contributed by atoms with Gasteiger partial charge in [-0.05, 0) is 25.2 Å². The summed E-state index contributed by atoms with van der Waals surface area (Å²) in [5.41, 5.74) is 5.61. The highest BCUT2D eigenvalue weighted by Crippen LogP contribution is 2.24. The van der Waals surface area contributed by atoms with Gasteiger partial charge in [0.25, 0.3) is 0 Å². The van der Waals surface area contributed by atoms with Crippen LogP contribution in [0.4, 0.5) is 0 Å². The molecule has 3 N–H and O–H groups in total. The molecule has 15 heavy (non-hydrogen) atoms. The topological polar surface area (TPSA) is 81.4 Å². The standard InChI is InChI=1S/C9H20N2O3S/c1-14-3-2-4-15(12,13)11-7-8-5-9(10)6-8/h8-9,11H,2-7,10H2,1H3. The Morgan fingerprint density at radius 3 is 2.67 bits per heavy atom. The van der Waals surface area contributed by atoms with E-state index in [4.69, 9.17) is 10.5 Å². The van der Waals surface area contributed by atoms with E-state index in [0.29, 0.717) is 25.5 Å². The smallest absolute Gasteiger partial charge is 0.211 e. The van der Waals surface area contributed by atoms with Crippen LogP contribution >= 0.6 is 0 Å². The predicted molar refractivity (Wildman–Crippen MR) is 59.0 cm³/mol. The zero-order chi connectivity index (χ0) is 11.3. The highest BCUT2D eigenvalue weighted by atomic mass is 32.2. The van der Waals surface area contributed by atoms with E-state index in [0.717, 1.165) is 12.8 Å². The Morgan fingerprint density at radius 1 is 1.47 bits per heavy atom. The largest absolute Gasteiger partial charge is 0.385 e. The molecule has 0 aromatic heterocycles. The first-order valence-corrected chi connectivity index (χ1v) is 6.90. The van der Waals surface area contributed by atoms with Crippen molar-refractivity contribution in [3.05, 3.63) is 0 Å². The minimum Gasteiger partial charge on any atom is -0.385 e. The van der Waals surface area contributed by atoms with Gasteiger partial charge in [0.05, 0.1) is 5.75 Å². The second-order valence-electron chi connectivity index (χ2n) is 4.11. The number of rotatable bonds is 7. The van der Waals surface area contributed by atoms with Crippen LogP contribution in [-0.4, -0.2) is 40.5 Å². The highest BCUT2D eigenvalue weighted by molar-refractivity contribution is 7.89. The van der Waals surface area contributed by atoms with E-state index in [1.165, 1.54) is 0 Å². The van der Waals surface area contributed by atoms with E-state index < -0.39 is 10.0 Å². The second kappa shape index (κ2) is 5.79. The monoisotopic (exact) mass is 236 g/mol. The number of nitrogens with one attached hydrogen (secondary N) is 1. The maximum absolute atomic E-state index is 11.4. The van der Waals surface area contributed by atoms with Crippen molar-refractivity contribution in [2.45, 2.75) is 25.3 Å². The number of ether oxygens (including phenoxy) is 1. The van der Waals surface area contributed by atoms with E-state index in [2.05, 4.69) is 4.72 Å². The molecule has 1 aliphatic rings. The third kappa shape index (κ3) is 4.92. The lowest BCUT2D eigenvalue weighted by Crippen LogP contribution is -2.43. The Bertz CT molecular complexity index is 273. The molecule has 0 spiro atoms. The summed E-state index contributed by atoms with van der Waals surface area (Å²) >= 11 is 0. The van der Waals surface area contributed by atoms with E-state index in [9.17, 15) is 8.42 Å². The number of methoxy groups -OCH3 is 1. The second-order valence-corrected chi connectivity index (χ2v) is 6.04. The van der Waals surface area contributed by atoms with Gasteiger partial charge in [-0.15, -0.1) is 0 Å². The quantitative estimate of drug-likeness (QED) is 0.594. The average molecular weight is 236 g/mol. The third-order valence-electron chi connectivity index (χ3n) is 2.63. The molecule has 1 aliphatic carbocycles. The lowest BCUT2D eigenvalue weighted by Gasteiger charge is -2.32. The summed E-state index contributed by atoms with van der Waals surface area (Å²) in [6.07, 6.45) is 2.40. The molecular weight excluding hydrogens is 216 g/mol. The summed E-state index contributed by atoms with van der Waals surface area (Å²) < 4.78 is 30.3. The van der Waals surface area contributed by atoms with Gasteiger partial charge in [-0.3, -0.25) is 0 Å². The molecule has 0 heterocycles. The van der Waals surface area contributed by atoms with Crippen LogP contribution in [0.1, 0.15) is 19.3 Å². The molecule has 6 heteroatoms. The summed E-state index contributed by atoms with van der Waals surface area (Å²) in [7, 11) is -1.55. The van der Waals surface area contributed by atoms with Crippen LogP contribution in [0, 0.1) is 5.92 Å². The molecule has 1 rings (SSSR count). The van der Waals surface area contributed by atoms with Crippen LogP contribution in [0.5, 0.6) is 0 Å². The Hall–Kier alpha value is -0.170. The fourth-order valence-electron chi connectivity index (χ4n) is 1.66. The van der Waals surface area contributed by atoms with Crippen LogP contribution < -0.4 is 10.5 Å². The van der Waals surface area contributed by atoms with Crippen LogP contribution in [0.3, 0.4) is 0 Å². The maximum Gasteiger partial charge on any atom is 0.211 e. The summed E-state index contributed by atoms with van der Waals surface area (Å²) in [4.78, 5) is 0. The zero-order valence-electron chi connectivity index (χ0n) is 9.11. The van der Waals surface area contributed by atoms with Crippen LogP contribution in [0.15, 0.2) is 0 Å². The van der Waals surface area contributed by atoms with E-state index in [-0.39, 0.29) is 11.8 Å². The molecule has 0 aliphatic heterocycles. The number of nitrogens with two attached hydrogens (primary N) is 1. The average Bonchev–Trinajstić information content (AvgIpc) is 2.11. The number of sulfonamides is 1. The Labute approximate surface area is 91.4 Å². The zero-order valence-corrected chi connectivity index (χ0v) is 9.92. The van der Waals surface area contributed by atoms with Gasteiger partial charge >= 0.3 is 0 Å². The van der Waals surface area contributed by atoms with Crippen LogP contribution in [0.25, 0.3) is 0 Å². The van der Waals surface area contributed by atoms with Crippen molar-refractivity contribution in [3.63, 3.8) is 0 Å². The van der Waals surface area contributed by atoms with Crippen molar-refractivity contribution >= 4 is 10.0 Å². The van der Waals surface area contributed by atoms with E-state index in [1.54, 1.807) is 7.11 Å². The van der Waals surface area contributed by atoms with Gasteiger partial charge in [0.15, 0.2) is 0 Å². The van der Waals surface area contributed by atoms with Gasteiger partial charge < -0.3 is 10.5 Å². The van der Waals surface area contributed by atoms with Gasteiger partial charge in [0.2, 0.25) is 10.0 Å². The van der Waals surface area contributed by atoms with Crippen molar-refractivity contribution < 1.29 is 13.2 Å². The van der Waals surface area contributed by atoms with Crippen molar-refractivity contribution in [1.82, 2.24) is 4.72 Å². The van der Waals surface area contributed by atoms with Gasteiger partial charge in [-0.1, -0.05) is 0 Å². The van der Waals surface area contributed by atoms with Crippen molar-refractivity contribution in [1.29, 1.82) is 0 Å². The molecule has 5 nitrogen and oxygen atoms in total. The number of hydrogen-bond donors (Lipinski definition) is 2.